The van der Waals surface area contributed by atoms with Gasteiger partial charge in [-0.25, -0.2) is 13.4 Å². The highest BCUT2D eigenvalue weighted by Crippen LogP contribution is 2.19. The van der Waals surface area contributed by atoms with E-state index in [9.17, 15) is 8.42 Å². The summed E-state index contributed by atoms with van der Waals surface area (Å²) >= 11 is 0. The van der Waals surface area contributed by atoms with Gasteiger partial charge in [-0.2, -0.15) is 4.31 Å². The van der Waals surface area contributed by atoms with Crippen LogP contribution in [0.15, 0.2) is 29.3 Å². The molecule has 31 heavy (non-hydrogen) atoms. The molecule has 0 amide bonds. The maximum Gasteiger partial charge on any atom is 0.216 e. The Bertz CT molecular complexity index is 781. The van der Waals surface area contributed by atoms with Crippen LogP contribution in [0, 0.1) is 0 Å². The highest BCUT2D eigenvalue weighted by atomic mass is 127. The van der Waals surface area contributed by atoms with Gasteiger partial charge in [0.15, 0.2) is 5.96 Å². The van der Waals surface area contributed by atoms with E-state index in [1.807, 2.05) is 52.0 Å². The molecule has 1 fully saturated rings. The highest BCUT2D eigenvalue weighted by molar-refractivity contribution is 14.0. The summed E-state index contributed by atoms with van der Waals surface area (Å²) in [6.45, 7) is 12.0. The summed E-state index contributed by atoms with van der Waals surface area (Å²) in [6, 6.07) is 7.90. The van der Waals surface area contributed by atoms with Gasteiger partial charge in [0.25, 0.3) is 0 Å². The van der Waals surface area contributed by atoms with Crippen molar-refractivity contribution in [1.82, 2.24) is 14.5 Å². The predicted molar refractivity (Wildman–Crippen MR) is 136 cm³/mol. The molecule has 1 aliphatic rings. The van der Waals surface area contributed by atoms with Crippen LogP contribution in [0.25, 0.3) is 0 Å². The van der Waals surface area contributed by atoms with Crippen LogP contribution in [0.4, 0.5) is 0 Å². The first-order chi connectivity index (χ1) is 14.4. The van der Waals surface area contributed by atoms with Gasteiger partial charge in [0.05, 0.1) is 31.6 Å². The van der Waals surface area contributed by atoms with Crippen LogP contribution in [-0.2, 0) is 21.3 Å². The Labute approximate surface area is 204 Å². The Balaban J connectivity index is 0.00000480. The van der Waals surface area contributed by atoms with Gasteiger partial charge in [-0.1, -0.05) is 18.2 Å². The van der Waals surface area contributed by atoms with Crippen molar-refractivity contribution < 1.29 is 17.9 Å². The first kappa shape index (κ1) is 27.9. The van der Waals surface area contributed by atoms with E-state index in [1.165, 1.54) is 0 Å². The number of guanidine groups is 1. The van der Waals surface area contributed by atoms with Crippen LogP contribution in [0.3, 0.4) is 0 Å². The molecular weight excluding hydrogens is 531 g/mol. The molecule has 10 heteroatoms. The number of benzene rings is 1. The van der Waals surface area contributed by atoms with E-state index >= 15 is 0 Å². The number of aliphatic imine (C=N–C) groups is 1. The Morgan fingerprint density at radius 3 is 2.45 bits per heavy atom. The Kier molecular flexibility index (Phi) is 12.7. The molecule has 0 atom stereocenters. The van der Waals surface area contributed by atoms with Crippen molar-refractivity contribution in [3.05, 3.63) is 29.8 Å². The standard InChI is InChI=1S/C21H36N4O4S.HI/c1-5-22-21(23-17-19-9-7-8-10-20(19)28-6-2)24-11-13-25(14-12-24)30(26,27)16-15-29-18(3)4;/h7-10,18H,5-6,11-17H2,1-4H3,(H,22,23);1H. The molecule has 1 heterocycles. The Morgan fingerprint density at radius 2 is 1.84 bits per heavy atom. The summed E-state index contributed by atoms with van der Waals surface area (Å²) in [6.07, 6.45) is 0.0313. The lowest BCUT2D eigenvalue weighted by Crippen LogP contribution is -2.54. The Morgan fingerprint density at radius 1 is 1.16 bits per heavy atom. The molecule has 1 aromatic carbocycles. The van der Waals surface area contributed by atoms with Crippen LogP contribution in [0.5, 0.6) is 5.75 Å². The molecule has 0 unspecified atom stereocenters. The van der Waals surface area contributed by atoms with Gasteiger partial charge in [-0.05, 0) is 33.8 Å². The van der Waals surface area contributed by atoms with Gasteiger partial charge in [-0.3, -0.25) is 0 Å². The minimum Gasteiger partial charge on any atom is -0.494 e. The van der Waals surface area contributed by atoms with Crippen molar-refractivity contribution in [1.29, 1.82) is 0 Å². The average Bonchev–Trinajstić information content (AvgIpc) is 2.72. The molecular formula is C21H37IN4O4S. The van der Waals surface area contributed by atoms with Gasteiger partial charge in [0.1, 0.15) is 5.75 Å². The summed E-state index contributed by atoms with van der Waals surface area (Å²) in [5.41, 5.74) is 1.03. The highest BCUT2D eigenvalue weighted by Gasteiger charge is 2.28. The van der Waals surface area contributed by atoms with Crippen molar-refractivity contribution in [3.63, 3.8) is 0 Å². The second kappa shape index (κ2) is 14.1. The zero-order valence-corrected chi connectivity index (χ0v) is 22.2. The number of halogens is 1. The smallest absolute Gasteiger partial charge is 0.216 e. The van der Waals surface area contributed by atoms with Crippen LogP contribution in [-0.4, -0.2) is 81.4 Å². The minimum atomic E-state index is -3.30. The molecule has 0 aliphatic carbocycles. The van der Waals surface area contributed by atoms with Crippen LogP contribution >= 0.6 is 24.0 Å². The summed E-state index contributed by atoms with van der Waals surface area (Å²) < 4.78 is 37.7. The fourth-order valence-corrected chi connectivity index (χ4v) is 4.50. The van der Waals surface area contributed by atoms with Gasteiger partial charge in [0, 0.05) is 38.3 Å². The van der Waals surface area contributed by atoms with Crippen molar-refractivity contribution in [2.45, 2.75) is 40.3 Å². The molecule has 0 spiro atoms. The second-order valence-corrected chi connectivity index (χ2v) is 9.42. The number of para-hydroxylation sites is 1. The summed E-state index contributed by atoms with van der Waals surface area (Å²) in [4.78, 5) is 6.88. The topological polar surface area (TPSA) is 83.5 Å². The number of nitrogens with one attached hydrogen (secondary N) is 1. The molecule has 0 radical (unpaired) electrons. The number of ether oxygens (including phenoxy) is 2. The molecule has 2 rings (SSSR count). The second-order valence-electron chi connectivity index (χ2n) is 7.33. The third-order valence-electron chi connectivity index (χ3n) is 4.73. The summed E-state index contributed by atoms with van der Waals surface area (Å²) in [7, 11) is -3.30. The maximum absolute atomic E-state index is 12.5. The molecule has 8 nitrogen and oxygen atoms in total. The SMILES string of the molecule is CCNC(=NCc1ccccc1OCC)N1CCN(S(=O)(=O)CCOC(C)C)CC1.I. The predicted octanol–water partition coefficient (Wildman–Crippen LogP) is 2.54. The van der Waals surface area contributed by atoms with E-state index in [0.29, 0.717) is 39.3 Å². The minimum absolute atomic E-state index is 0. The van der Waals surface area contributed by atoms with E-state index in [1.54, 1.807) is 4.31 Å². The number of hydrogen-bond donors (Lipinski definition) is 1. The number of sulfonamides is 1. The largest absolute Gasteiger partial charge is 0.494 e. The zero-order chi connectivity index (χ0) is 22.0. The average molecular weight is 569 g/mol. The maximum atomic E-state index is 12.5. The molecule has 1 aromatic rings. The van der Waals surface area contributed by atoms with E-state index < -0.39 is 10.0 Å². The molecule has 178 valence electrons. The number of piperazine rings is 1. The first-order valence-corrected chi connectivity index (χ1v) is 12.3. The van der Waals surface area contributed by atoms with Gasteiger partial charge < -0.3 is 19.7 Å². The Hall–Kier alpha value is -1.11. The fraction of sp³-hybridized carbons (Fsp3) is 0.667. The summed E-state index contributed by atoms with van der Waals surface area (Å²) in [5.74, 6) is 1.66. The monoisotopic (exact) mass is 568 g/mol. The van der Waals surface area contributed by atoms with Gasteiger partial charge in [0.2, 0.25) is 10.0 Å². The van der Waals surface area contributed by atoms with E-state index in [4.69, 9.17) is 14.5 Å². The number of rotatable bonds is 10. The molecule has 1 saturated heterocycles. The quantitative estimate of drug-likeness (QED) is 0.266. The third kappa shape index (κ3) is 9.11. The van der Waals surface area contributed by atoms with E-state index in [-0.39, 0.29) is 42.4 Å². The lowest BCUT2D eigenvalue weighted by atomic mass is 10.2. The molecule has 1 N–H and O–H groups in total. The normalized spacial score (nSPS) is 15.6. The summed E-state index contributed by atoms with van der Waals surface area (Å²) in [5, 5.41) is 3.32. The third-order valence-corrected chi connectivity index (χ3v) is 6.57. The first-order valence-electron chi connectivity index (χ1n) is 10.7. The molecule has 0 bridgehead atoms. The van der Waals surface area contributed by atoms with Gasteiger partial charge >= 0.3 is 0 Å². The lowest BCUT2D eigenvalue weighted by molar-refractivity contribution is 0.0904. The van der Waals surface area contributed by atoms with E-state index in [0.717, 1.165) is 23.8 Å². The lowest BCUT2D eigenvalue weighted by Gasteiger charge is -2.36. The van der Waals surface area contributed by atoms with Crippen molar-refractivity contribution >= 4 is 40.0 Å². The van der Waals surface area contributed by atoms with Crippen LogP contribution in [0.2, 0.25) is 0 Å². The van der Waals surface area contributed by atoms with Crippen LogP contribution in [0.1, 0.15) is 33.3 Å². The zero-order valence-electron chi connectivity index (χ0n) is 19.0. The van der Waals surface area contributed by atoms with Gasteiger partial charge in [-0.15, -0.1) is 24.0 Å². The fourth-order valence-electron chi connectivity index (χ4n) is 3.21. The van der Waals surface area contributed by atoms with E-state index in [2.05, 4.69) is 10.2 Å². The molecule has 0 aromatic heterocycles. The van der Waals surface area contributed by atoms with Crippen LogP contribution < -0.4 is 10.1 Å². The number of hydrogen-bond acceptors (Lipinski definition) is 5. The van der Waals surface area contributed by atoms with Crippen molar-refractivity contribution in [2.75, 3.05) is 51.7 Å². The molecule has 1 aliphatic heterocycles. The van der Waals surface area contributed by atoms with Crippen molar-refractivity contribution in [2.24, 2.45) is 4.99 Å². The number of nitrogens with zero attached hydrogens (tertiary/aromatic N) is 3. The van der Waals surface area contributed by atoms with Crippen molar-refractivity contribution in [3.8, 4) is 5.75 Å². The molecule has 0 saturated carbocycles.